The monoisotopic (exact) mass is 287 g/mol. The Hall–Kier alpha value is -1.10. The minimum atomic E-state index is -1.05. The molecule has 2 aromatic rings. The van der Waals surface area contributed by atoms with Gasteiger partial charge in [-0.15, -0.1) is 11.3 Å². The van der Waals surface area contributed by atoms with E-state index in [2.05, 4.69) is 4.98 Å². The first-order valence-corrected chi connectivity index (χ1v) is 6.23. The van der Waals surface area contributed by atoms with E-state index in [1.54, 1.807) is 25.1 Å². The molecule has 0 fully saturated rings. The van der Waals surface area contributed by atoms with Crippen molar-refractivity contribution < 1.29 is 9.90 Å². The van der Waals surface area contributed by atoms with Crippen LogP contribution < -0.4 is 0 Å². The molecule has 0 unspecified atom stereocenters. The van der Waals surface area contributed by atoms with E-state index < -0.39 is 5.97 Å². The molecule has 0 saturated heterocycles. The molecule has 1 N–H and O–H groups in total. The molecule has 2 rings (SSSR count). The van der Waals surface area contributed by atoms with Crippen molar-refractivity contribution in [3.8, 4) is 10.6 Å². The van der Waals surface area contributed by atoms with E-state index >= 15 is 0 Å². The van der Waals surface area contributed by atoms with Gasteiger partial charge in [-0.25, -0.2) is 9.78 Å². The van der Waals surface area contributed by atoms with Gasteiger partial charge in [0.2, 0.25) is 0 Å². The van der Waals surface area contributed by atoms with Crippen LogP contribution in [0.25, 0.3) is 10.6 Å². The second kappa shape index (κ2) is 4.64. The summed E-state index contributed by atoms with van der Waals surface area (Å²) < 4.78 is 0. The van der Waals surface area contributed by atoms with Crippen molar-refractivity contribution in [2.45, 2.75) is 6.92 Å². The smallest absolute Gasteiger partial charge is 0.355 e. The van der Waals surface area contributed by atoms with Gasteiger partial charge in [0.15, 0.2) is 5.69 Å². The number of hydrogen-bond donors (Lipinski definition) is 1. The molecule has 0 atom stereocenters. The first kappa shape index (κ1) is 12.4. The summed E-state index contributed by atoms with van der Waals surface area (Å²) in [4.78, 5) is 15.6. The van der Waals surface area contributed by atoms with Crippen LogP contribution in [-0.2, 0) is 0 Å². The molecular weight excluding hydrogens is 281 g/mol. The van der Waals surface area contributed by atoms with Gasteiger partial charge in [0.05, 0.1) is 10.0 Å². The Balaban J connectivity index is 2.62. The van der Waals surface area contributed by atoms with E-state index in [1.165, 1.54) is 11.3 Å². The molecule has 0 saturated carbocycles. The normalized spacial score (nSPS) is 10.5. The molecule has 1 heterocycles. The Bertz CT molecular complexity index is 575. The van der Waals surface area contributed by atoms with Crippen molar-refractivity contribution >= 4 is 40.5 Å². The number of rotatable bonds is 2. The average molecular weight is 288 g/mol. The molecular formula is C11H7Cl2NO2S. The summed E-state index contributed by atoms with van der Waals surface area (Å²) in [5.74, 6) is -1.05. The number of carboxylic acid groups (broad SMARTS) is 1. The van der Waals surface area contributed by atoms with Gasteiger partial charge >= 0.3 is 5.97 Å². The summed E-state index contributed by atoms with van der Waals surface area (Å²) in [6.45, 7) is 1.70. The van der Waals surface area contributed by atoms with Crippen LogP contribution in [0.3, 0.4) is 0 Å². The van der Waals surface area contributed by atoms with Crippen molar-refractivity contribution in [1.82, 2.24) is 4.98 Å². The van der Waals surface area contributed by atoms with E-state index in [-0.39, 0.29) is 5.69 Å². The lowest BCUT2D eigenvalue weighted by Gasteiger charge is -2.02. The van der Waals surface area contributed by atoms with Crippen molar-refractivity contribution in [2.75, 3.05) is 0 Å². The Labute approximate surface area is 112 Å². The van der Waals surface area contributed by atoms with Crippen LogP contribution in [0.15, 0.2) is 18.2 Å². The fourth-order valence-electron chi connectivity index (χ4n) is 1.40. The van der Waals surface area contributed by atoms with Gasteiger partial charge in [-0.3, -0.25) is 0 Å². The van der Waals surface area contributed by atoms with Crippen molar-refractivity contribution in [3.63, 3.8) is 0 Å². The van der Waals surface area contributed by atoms with Crippen molar-refractivity contribution in [2.24, 2.45) is 0 Å². The van der Waals surface area contributed by atoms with E-state index in [0.29, 0.717) is 25.5 Å². The van der Waals surface area contributed by atoms with E-state index in [0.717, 1.165) is 0 Å². The fraction of sp³-hybridized carbons (Fsp3) is 0.0909. The van der Waals surface area contributed by atoms with Crippen molar-refractivity contribution in [3.05, 3.63) is 38.8 Å². The maximum Gasteiger partial charge on any atom is 0.355 e. The molecule has 0 bridgehead atoms. The number of aromatic carboxylic acids is 1. The highest BCUT2D eigenvalue weighted by atomic mass is 35.5. The molecule has 3 nitrogen and oxygen atoms in total. The average Bonchev–Trinajstić information content (AvgIpc) is 2.60. The Kier molecular flexibility index (Phi) is 3.38. The van der Waals surface area contributed by atoms with Crippen LogP contribution in [0, 0.1) is 6.92 Å². The number of halogens is 2. The fourth-order valence-corrected chi connectivity index (χ4v) is 3.07. The number of carbonyl (C=O) groups is 1. The molecule has 6 heteroatoms. The summed E-state index contributed by atoms with van der Waals surface area (Å²) in [6, 6.07) is 5.12. The lowest BCUT2D eigenvalue weighted by molar-refractivity contribution is 0.0690. The Morgan fingerprint density at radius 2 is 1.94 bits per heavy atom. The lowest BCUT2D eigenvalue weighted by atomic mass is 10.2. The molecule has 1 aromatic heterocycles. The number of thiazole rings is 1. The summed E-state index contributed by atoms with van der Waals surface area (Å²) in [7, 11) is 0. The van der Waals surface area contributed by atoms with Gasteiger partial charge < -0.3 is 5.11 Å². The SMILES string of the molecule is Cc1sc(-c2c(Cl)cccc2Cl)nc1C(=O)O. The summed E-state index contributed by atoms with van der Waals surface area (Å²) in [5, 5.41) is 10.4. The molecule has 0 aliphatic rings. The first-order chi connectivity index (χ1) is 8.00. The molecule has 0 aliphatic carbocycles. The van der Waals surface area contributed by atoms with Crippen LogP contribution in [-0.4, -0.2) is 16.1 Å². The van der Waals surface area contributed by atoms with Gasteiger partial charge in [-0.05, 0) is 19.1 Å². The quantitative estimate of drug-likeness (QED) is 0.904. The van der Waals surface area contributed by atoms with Gasteiger partial charge in [0.1, 0.15) is 5.01 Å². The van der Waals surface area contributed by atoms with Crippen LogP contribution in [0.5, 0.6) is 0 Å². The van der Waals surface area contributed by atoms with Gasteiger partial charge in [-0.2, -0.15) is 0 Å². The molecule has 0 aliphatic heterocycles. The molecule has 0 spiro atoms. The predicted molar refractivity (Wildman–Crippen MR) is 69.3 cm³/mol. The number of aryl methyl sites for hydroxylation is 1. The van der Waals surface area contributed by atoms with Crippen LogP contribution >= 0.6 is 34.5 Å². The minimum Gasteiger partial charge on any atom is -0.476 e. The maximum atomic E-state index is 10.9. The largest absolute Gasteiger partial charge is 0.476 e. The van der Waals surface area contributed by atoms with E-state index in [9.17, 15) is 4.79 Å². The van der Waals surface area contributed by atoms with Crippen LogP contribution in [0.2, 0.25) is 10.0 Å². The number of carboxylic acids is 1. The first-order valence-electron chi connectivity index (χ1n) is 4.66. The number of benzene rings is 1. The third-order valence-electron chi connectivity index (χ3n) is 2.18. The highest BCUT2D eigenvalue weighted by Gasteiger charge is 2.18. The second-order valence-corrected chi connectivity index (χ2v) is 5.34. The predicted octanol–water partition coefficient (Wildman–Crippen LogP) is 4.12. The molecule has 0 radical (unpaired) electrons. The molecule has 88 valence electrons. The van der Waals surface area contributed by atoms with Crippen LogP contribution in [0.1, 0.15) is 15.4 Å². The van der Waals surface area contributed by atoms with Crippen LogP contribution in [0.4, 0.5) is 0 Å². The minimum absolute atomic E-state index is 0.0426. The number of aromatic nitrogens is 1. The number of nitrogens with zero attached hydrogens (tertiary/aromatic N) is 1. The van der Waals surface area contributed by atoms with Gasteiger partial charge in [0, 0.05) is 10.4 Å². The summed E-state index contributed by atoms with van der Waals surface area (Å²) in [6.07, 6.45) is 0. The molecule has 17 heavy (non-hydrogen) atoms. The highest BCUT2D eigenvalue weighted by molar-refractivity contribution is 7.15. The Morgan fingerprint density at radius 1 is 1.35 bits per heavy atom. The summed E-state index contributed by atoms with van der Waals surface area (Å²) in [5.41, 5.74) is 0.623. The zero-order chi connectivity index (χ0) is 12.6. The molecule has 1 aromatic carbocycles. The number of hydrogen-bond acceptors (Lipinski definition) is 3. The van der Waals surface area contributed by atoms with Gasteiger partial charge in [-0.1, -0.05) is 29.3 Å². The highest BCUT2D eigenvalue weighted by Crippen LogP contribution is 2.37. The Morgan fingerprint density at radius 3 is 2.41 bits per heavy atom. The zero-order valence-corrected chi connectivity index (χ0v) is 11.0. The van der Waals surface area contributed by atoms with Crippen molar-refractivity contribution in [1.29, 1.82) is 0 Å². The standard InChI is InChI=1S/C11H7Cl2NO2S/c1-5-9(11(15)16)14-10(17-5)8-6(12)3-2-4-7(8)13/h2-4H,1H3,(H,15,16). The maximum absolute atomic E-state index is 10.9. The lowest BCUT2D eigenvalue weighted by Crippen LogP contribution is -1.98. The van der Waals surface area contributed by atoms with E-state index in [1.807, 2.05) is 0 Å². The van der Waals surface area contributed by atoms with E-state index in [4.69, 9.17) is 28.3 Å². The van der Waals surface area contributed by atoms with Gasteiger partial charge in [0.25, 0.3) is 0 Å². The second-order valence-electron chi connectivity index (χ2n) is 3.33. The molecule has 0 amide bonds. The zero-order valence-electron chi connectivity index (χ0n) is 8.70. The topological polar surface area (TPSA) is 50.2 Å². The third-order valence-corrected chi connectivity index (χ3v) is 3.79. The third kappa shape index (κ3) is 2.29. The summed E-state index contributed by atoms with van der Waals surface area (Å²) >= 11 is 13.3.